The molecule has 2 atom stereocenters. The van der Waals surface area contributed by atoms with E-state index in [1.165, 1.54) is 0 Å². The molecule has 0 radical (unpaired) electrons. The molecule has 2 aromatic heterocycles. The molecule has 22 heavy (non-hydrogen) atoms. The zero-order chi connectivity index (χ0) is 16.4. The van der Waals surface area contributed by atoms with E-state index in [4.69, 9.17) is 8.83 Å². The van der Waals surface area contributed by atoms with E-state index in [2.05, 4.69) is 0 Å². The Morgan fingerprint density at radius 1 is 0.864 bits per heavy atom. The van der Waals surface area contributed by atoms with Crippen LogP contribution >= 0.6 is 0 Å². The molecule has 0 saturated heterocycles. The third kappa shape index (κ3) is 3.70. The lowest BCUT2D eigenvalue weighted by Crippen LogP contribution is -2.23. The number of carbonyl (C=O) groups excluding carboxylic acids is 1. The molecule has 0 aliphatic rings. The zero-order valence-electron chi connectivity index (χ0n) is 14.4. The van der Waals surface area contributed by atoms with Gasteiger partial charge in [-0.2, -0.15) is 0 Å². The highest BCUT2D eigenvalue weighted by atomic mass is 16.3. The van der Waals surface area contributed by atoms with E-state index in [1.807, 2.05) is 53.7 Å². The maximum atomic E-state index is 12.6. The first-order valence-corrected chi connectivity index (χ1v) is 7.93. The monoisotopic (exact) mass is 302 g/mol. The van der Waals surface area contributed by atoms with Crippen molar-refractivity contribution >= 4 is 5.78 Å². The van der Waals surface area contributed by atoms with Crippen molar-refractivity contribution in [3.8, 4) is 0 Å². The van der Waals surface area contributed by atoms with E-state index in [9.17, 15) is 4.79 Å². The molecule has 3 heteroatoms. The summed E-state index contributed by atoms with van der Waals surface area (Å²) in [5.74, 6) is 3.84. The molecule has 2 aromatic rings. The number of carbonyl (C=O) groups is 1. The molecule has 0 N–H and O–H groups in total. The van der Waals surface area contributed by atoms with Gasteiger partial charge >= 0.3 is 0 Å². The Labute approximate surface area is 132 Å². The smallest absolute Gasteiger partial charge is 0.139 e. The van der Waals surface area contributed by atoms with Crippen LogP contribution in [0.3, 0.4) is 0 Å². The summed E-state index contributed by atoms with van der Waals surface area (Å²) in [6.07, 6.45) is 1.33. The molecule has 0 bridgehead atoms. The highest BCUT2D eigenvalue weighted by Crippen LogP contribution is 2.23. The van der Waals surface area contributed by atoms with Crippen LogP contribution in [0.1, 0.15) is 48.0 Å². The van der Waals surface area contributed by atoms with Crippen LogP contribution in [0.25, 0.3) is 0 Å². The van der Waals surface area contributed by atoms with Crippen LogP contribution in [-0.4, -0.2) is 5.78 Å². The number of furan rings is 2. The van der Waals surface area contributed by atoms with Crippen LogP contribution in [0.4, 0.5) is 0 Å². The number of rotatable bonds is 6. The van der Waals surface area contributed by atoms with E-state index >= 15 is 0 Å². The number of hydrogen-bond acceptors (Lipinski definition) is 3. The van der Waals surface area contributed by atoms with Crippen LogP contribution in [0.15, 0.2) is 21.0 Å². The van der Waals surface area contributed by atoms with E-state index in [-0.39, 0.29) is 17.6 Å². The van der Waals surface area contributed by atoms with Crippen molar-refractivity contribution < 1.29 is 13.6 Å². The summed E-state index contributed by atoms with van der Waals surface area (Å²) in [7, 11) is 0. The highest BCUT2D eigenvalue weighted by molar-refractivity contribution is 5.83. The summed E-state index contributed by atoms with van der Waals surface area (Å²) in [6, 6.07) is 4.04. The lowest BCUT2D eigenvalue weighted by atomic mass is 9.88. The normalized spacial score (nSPS) is 14.1. The van der Waals surface area contributed by atoms with Crippen LogP contribution in [0, 0.1) is 39.5 Å². The van der Waals surface area contributed by atoms with Gasteiger partial charge in [0.1, 0.15) is 28.8 Å². The van der Waals surface area contributed by atoms with Crippen molar-refractivity contribution in [2.45, 2.75) is 54.4 Å². The molecule has 3 nitrogen and oxygen atoms in total. The van der Waals surface area contributed by atoms with Crippen molar-refractivity contribution in [1.29, 1.82) is 0 Å². The van der Waals surface area contributed by atoms with Crippen LogP contribution < -0.4 is 0 Å². The van der Waals surface area contributed by atoms with Crippen molar-refractivity contribution in [1.82, 2.24) is 0 Å². The van der Waals surface area contributed by atoms with Crippen LogP contribution in [-0.2, 0) is 17.6 Å². The molecule has 0 aliphatic carbocycles. The summed E-state index contributed by atoms with van der Waals surface area (Å²) < 4.78 is 11.4. The molecule has 2 rings (SSSR count). The topological polar surface area (TPSA) is 43.4 Å². The van der Waals surface area contributed by atoms with Crippen molar-refractivity contribution in [3.05, 3.63) is 46.3 Å². The lowest BCUT2D eigenvalue weighted by molar-refractivity contribution is -0.126. The largest absolute Gasteiger partial charge is 0.466 e. The fraction of sp³-hybridized carbons (Fsp3) is 0.526. The summed E-state index contributed by atoms with van der Waals surface area (Å²) >= 11 is 0. The van der Waals surface area contributed by atoms with Crippen molar-refractivity contribution in [2.24, 2.45) is 11.8 Å². The van der Waals surface area contributed by atoms with E-state index in [1.54, 1.807) is 0 Å². The van der Waals surface area contributed by atoms with Gasteiger partial charge in [-0.05, 0) is 51.0 Å². The molecular weight excluding hydrogens is 276 g/mol. The summed E-state index contributed by atoms with van der Waals surface area (Å²) in [4.78, 5) is 12.6. The molecule has 2 unspecified atom stereocenters. The van der Waals surface area contributed by atoms with Gasteiger partial charge in [-0.3, -0.25) is 4.79 Å². The number of Topliss-reactive ketones (excluding diaryl/α,β-unsaturated/α-hetero) is 1. The Bertz CT molecular complexity index is 604. The first-order chi connectivity index (χ1) is 10.3. The predicted octanol–water partition coefficient (Wildman–Crippen LogP) is 4.73. The Morgan fingerprint density at radius 3 is 1.50 bits per heavy atom. The van der Waals surface area contributed by atoms with Gasteiger partial charge in [0.15, 0.2) is 0 Å². The average Bonchev–Trinajstić information content (AvgIpc) is 2.90. The third-order valence-electron chi connectivity index (χ3n) is 4.24. The fourth-order valence-electron chi connectivity index (χ4n) is 3.03. The molecule has 2 heterocycles. The molecule has 0 aliphatic heterocycles. The maximum Gasteiger partial charge on any atom is 0.139 e. The van der Waals surface area contributed by atoms with Gasteiger partial charge < -0.3 is 8.83 Å². The van der Waals surface area contributed by atoms with Gasteiger partial charge in [0.05, 0.1) is 0 Å². The zero-order valence-corrected chi connectivity index (χ0v) is 14.4. The summed E-state index contributed by atoms with van der Waals surface area (Å²) in [6.45, 7) is 11.9. The lowest BCUT2D eigenvalue weighted by Gasteiger charge is -2.15. The number of ketones is 1. The molecule has 0 aromatic carbocycles. The standard InChI is InChI=1S/C19H26O3/c1-11-7-15(5)21-17(11)9-13(3)19(20)14(4)10-18-12(2)8-16(6)22-18/h7-8,13-14H,9-10H2,1-6H3. The van der Waals surface area contributed by atoms with Crippen molar-refractivity contribution in [3.63, 3.8) is 0 Å². The number of aryl methyl sites for hydroxylation is 4. The first-order valence-electron chi connectivity index (χ1n) is 7.93. The van der Waals surface area contributed by atoms with E-state index in [0.29, 0.717) is 12.8 Å². The second-order valence-corrected chi connectivity index (χ2v) is 6.54. The maximum absolute atomic E-state index is 12.6. The Kier molecular flexibility index (Phi) is 4.94. The number of hydrogen-bond donors (Lipinski definition) is 0. The second-order valence-electron chi connectivity index (χ2n) is 6.54. The molecule has 0 amide bonds. The van der Waals surface area contributed by atoms with Gasteiger partial charge in [-0.25, -0.2) is 0 Å². The molecule has 0 spiro atoms. The predicted molar refractivity (Wildman–Crippen MR) is 87.1 cm³/mol. The van der Waals surface area contributed by atoms with Gasteiger partial charge in [0.25, 0.3) is 0 Å². The molecular formula is C19H26O3. The Hall–Kier alpha value is -1.77. The van der Waals surface area contributed by atoms with E-state index in [0.717, 1.165) is 34.2 Å². The van der Waals surface area contributed by atoms with Crippen molar-refractivity contribution in [2.75, 3.05) is 0 Å². The minimum atomic E-state index is -0.0457. The molecule has 120 valence electrons. The molecule has 0 saturated carbocycles. The third-order valence-corrected chi connectivity index (χ3v) is 4.24. The van der Waals surface area contributed by atoms with E-state index < -0.39 is 0 Å². The fourth-order valence-corrected chi connectivity index (χ4v) is 3.03. The summed E-state index contributed by atoms with van der Waals surface area (Å²) in [5, 5.41) is 0. The van der Waals surface area contributed by atoms with Gasteiger partial charge in [0.2, 0.25) is 0 Å². The van der Waals surface area contributed by atoms with Gasteiger partial charge in [0, 0.05) is 24.7 Å². The van der Waals surface area contributed by atoms with Gasteiger partial charge in [-0.1, -0.05) is 13.8 Å². The SMILES string of the molecule is Cc1cc(C)c(CC(C)C(=O)C(C)Cc2oc(C)cc2C)o1. The average molecular weight is 302 g/mol. The van der Waals surface area contributed by atoms with Crippen LogP contribution in [0.5, 0.6) is 0 Å². The quantitative estimate of drug-likeness (QED) is 0.774. The minimum absolute atomic E-state index is 0.0457. The first kappa shape index (κ1) is 16.6. The highest BCUT2D eigenvalue weighted by Gasteiger charge is 2.24. The minimum Gasteiger partial charge on any atom is -0.466 e. The second kappa shape index (κ2) is 6.55. The Morgan fingerprint density at radius 2 is 1.23 bits per heavy atom. The summed E-state index contributed by atoms with van der Waals surface area (Å²) in [5.41, 5.74) is 2.25. The molecule has 0 fully saturated rings. The van der Waals surface area contributed by atoms with Gasteiger partial charge in [-0.15, -0.1) is 0 Å². The van der Waals surface area contributed by atoms with Crippen LogP contribution in [0.2, 0.25) is 0 Å². The Balaban J connectivity index is 2.00.